The number of likely N-dealkylation sites (tertiary alicyclic amines) is 1. The SMILES string of the molecule is Cn1ncc(-c2ccnc(N3CCCC3)n2)c1[C@H]1CCCN1C(=O)C1CCCCC1. The van der Waals surface area contributed by atoms with Gasteiger partial charge in [0, 0.05) is 44.4 Å². The van der Waals surface area contributed by atoms with E-state index in [-0.39, 0.29) is 12.0 Å². The highest BCUT2D eigenvalue weighted by atomic mass is 16.2. The van der Waals surface area contributed by atoms with Gasteiger partial charge in [-0.3, -0.25) is 9.48 Å². The zero-order valence-electron chi connectivity index (χ0n) is 18.0. The molecule has 3 aliphatic rings. The van der Waals surface area contributed by atoms with Crippen molar-refractivity contribution < 1.29 is 4.79 Å². The lowest BCUT2D eigenvalue weighted by Gasteiger charge is -2.31. The van der Waals surface area contributed by atoms with Crippen LogP contribution in [0.2, 0.25) is 0 Å². The number of nitrogens with zero attached hydrogens (tertiary/aromatic N) is 6. The zero-order valence-corrected chi connectivity index (χ0v) is 18.0. The van der Waals surface area contributed by atoms with Crippen molar-refractivity contribution in [3.63, 3.8) is 0 Å². The molecule has 7 heteroatoms. The summed E-state index contributed by atoms with van der Waals surface area (Å²) in [5.74, 6) is 1.36. The molecule has 7 nitrogen and oxygen atoms in total. The van der Waals surface area contributed by atoms with Crippen molar-refractivity contribution in [2.24, 2.45) is 13.0 Å². The Balaban J connectivity index is 1.45. The van der Waals surface area contributed by atoms with Crippen LogP contribution in [0.3, 0.4) is 0 Å². The van der Waals surface area contributed by atoms with Crippen LogP contribution in [-0.4, -0.2) is 50.2 Å². The van der Waals surface area contributed by atoms with Crippen LogP contribution in [0.1, 0.15) is 69.5 Å². The Kier molecular flexibility index (Phi) is 5.44. The summed E-state index contributed by atoms with van der Waals surface area (Å²) in [4.78, 5) is 27.1. The smallest absolute Gasteiger partial charge is 0.226 e. The number of anilines is 1. The van der Waals surface area contributed by atoms with Gasteiger partial charge in [0.2, 0.25) is 11.9 Å². The number of rotatable bonds is 4. The van der Waals surface area contributed by atoms with Gasteiger partial charge in [0.1, 0.15) is 0 Å². The Bertz CT molecular complexity index is 897. The Morgan fingerprint density at radius 2 is 1.80 bits per heavy atom. The van der Waals surface area contributed by atoms with Crippen LogP contribution in [0.15, 0.2) is 18.5 Å². The third-order valence-corrected chi connectivity index (χ3v) is 7.10. The van der Waals surface area contributed by atoms with E-state index in [9.17, 15) is 4.79 Å². The summed E-state index contributed by atoms with van der Waals surface area (Å²) >= 11 is 0. The molecule has 2 aliphatic heterocycles. The van der Waals surface area contributed by atoms with Crippen LogP contribution < -0.4 is 4.90 Å². The topological polar surface area (TPSA) is 67.2 Å². The molecule has 0 bridgehead atoms. The number of hydrogen-bond donors (Lipinski definition) is 0. The summed E-state index contributed by atoms with van der Waals surface area (Å²) in [5.41, 5.74) is 3.06. The van der Waals surface area contributed by atoms with Crippen molar-refractivity contribution in [3.8, 4) is 11.3 Å². The van der Waals surface area contributed by atoms with Gasteiger partial charge in [-0.15, -0.1) is 0 Å². The van der Waals surface area contributed by atoms with Gasteiger partial charge in [-0.2, -0.15) is 5.10 Å². The summed E-state index contributed by atoms with van der Waals surface area (Å²) in [6, 6.07) is 2.06. The molecule has 2 aromatic heterocycles. The minimum Gasteiger partial charge on any atom is -0.341 e. The summed E-state index contributed by atoms with van der Waals surface area (Å²) in [7, 11) is 1.99. The average molecular weight is 409 g/mol. The predicted molar refractivity (Wildman–Crippen MR) is 116 cm³/mol. The Morgan fingerprint density at radius 1 is 1.00 bits per heavy atom. The molecule has 0 unspecified atom stereocenters. The predicted octanol–water partition coefficient (Wildman–Crippen LogP) is 3.72. The van der Waals surface area contributed by atoms with Gasteiger partial charge in [0.15, 0.2) is 0 Å². The second kappa shape index (κ2) is 8.36. The van der Waals surface area contributed by atoms with Crippen molar-refractivity contribution in [2.45, 2.75) is 63.8 Å². The molecule has 2 aromatic rings. The van der Waals surface area contributed by atoms with E-state index in [2.05, 4.69) is 19.9 Å². The maximum atomic E-state index is 13.4. The number of carbonyl (C=O) groups is 1. The molecule has 4 heterocycles. The van der Waals surface area contributed by atoms with Crippen LogP contribution in [-0.2, 0) is 11.8 Å². The summed E-state index contributed by atoms with van der Waals surface area (Å²) < 4.78 is 1.95. The van der Waals surface area contributed by atoms with Gasteiger partial charge in [-0.05, 0) is 44.6 Å². The number of aryl methyl sites for hydroxylation is 1. The van der Waals surface area contributed by atoms with Gasteiger partial charge in [-0.25, -0.2) is 9.97 Å². The third kappa shape index (κ3) is 3.59. The van der Waals surface area contributed by atoms with Gasteiger partial charge in [0.25, 0.3) is 0 Å². The average Bonchev–Trinajstić information content (AvgIpc) is 3.54. The first-order valence-electron chi connectivity index (χ1n) is 11.6. The van der Waals surface area contributed by atoms with Crippen LogP contribution in [0.25, 0.3) is 11.3 Å². The van der Waals surface area contributed by atoms with E-state index in [1.807, 2.05) is 30.2 Å². The lowest BCUT2D eigenvalue weighted by Crippen LogP contribution is -2.37. The van der Waals surface area contributed by atoms with Gasteiger partial charge in [-0.1, -0.05) is 19.3 Å². The maximum absolute atomic E-state index is 13.4. The molecular formula is C23H32N6O. The van der Waals surface area contributed by atoms with E-state index in [1.165, 1.54) is 32.1 Å². The minimum absolute atomic E-state index is 0.0899. The molecule has 30 heavy (non-hydrogen) atoms. The van der Waals surface area contributed by atoms with Gasteiger partial charge < -0.3 is 9.80 Å². The Labute approximate surface area is 178 Å². The molecule has 0 aromatic carbocycles. The van der Waals surface area contributed by atoms with E-state index in [0.717, 1.165) is 68.2 Å². The van der Waals surface area contributed by atoms with E-state index in [1.54, 1.807) is 0 Å². The first kappa shape index (κ1) is 19.5. The minimum atomic E-state index is 0.0899. The van der Waals surface area contributed by atoms with E-state index in [4.69, 9.17) is 4.98 Å². The quantitative estimate of drug-likeness (QED) is 0.771. The molecule has 0 N–H and O–H groups in total. The largest absolute Gasteiger partial charge is 0.341 e. The van der Waals surface area contributed by atoms with E-state index in [0.29, 0.717) is 5.91 Å². The molecule has 1 aliphatic carbocycles. The van der Waals surface area contributed by atoms with Crippen LogP contribution >= 0.6 is 0 Å². The molecule has 1 atom stereocenters. The molecule has 0 spiro atoms. The Morgan fingerprint density at radius 3 is 2.60 bits per heavy atom. The van der Waals surface area contributed by atoms with Crippen molar-refractivity contribution in [2.75, 3.05) is 24.5 Å². The molecular weight excluding hydrogens is 376 g/mol. The molecule has 2 saturated heterocycles. The van der Waals surface area contributed by atoms with Crippen molar-refractivity contribution >= 4 is 11.9 Å². The first-order valence-corrected chi connectivity index (χ1v) is 11.6. The number of hydrogen-bond acceptors (Lipinski definition) is 5. The first-order chi connectivity index (χ1) is 14.7. The van der Waals surface area contributed by atoms with E-state index < -0.39 is 0 Å². The third-order valence-electron chi connectivity index (χ3n) is 7.10. The van der Waals surface area contributed by atoms with Gasteiger partial charge in [0.05, 0.1) is 23.6 Å². The monoisotopic (exact) mass is 408 g/mol. The summed E-state index contributed by atoms with van der Waals surface area (Å²) in [6.45, 7) is 2.90. The molecule has 1 saturated carbocycles. The fraction of sp³-hybridized carbons (Fsp3) is 0.652. The lowest BCUT2D eigenvalue weighted by molar-refractivity contribution is -0.137. The summed E-state index contributed by atoms with van der Waals surface area (Å²) in [5, 5.41) is 4.58. The fourth-order valence-corrected chi connectivity index (χ4v) is 5.51. The molecule has 3 fully saturated rings. The second-order valence-corrected chi connectivity index (χ2v) is 9.03. The summed E-state index contributed by atoms with van der Waals surface area (Å²) in [6.07, 6.45) is 13.9. The molecule has 0 radical (unpaired) electrons. The zero-order chi connectivity index (χ0) is 20.5. The maximum Gasteiger partial charge on any atom is 0.226 e. The normalized spacial score (nSPS) is 22.8. The van der Waals surface area contributed by atoms with Crippen molar-refractivity contribution in [1.29, 1.82) is 0 Å². The highest BCUT2D eigenvalue weighted by Gasteiger charge is 2.37. The molecule has 160 valence electrons. The fourth-order valence-electron chi connectivity index (χ4n) is 5.51. The number of carbonyl (C=O) groups excluding carboxylic acids is 1. The molecule has 5 rings (SSSR count). The Hall–Kier alpha value is -2.44. The van der Waals surface area contributed by atoms with Crippen molar-refractivity contribution in [1.82, 2.24) is 24.6 Å². The standard InChI is InChI=1S/C23H32N6O/c1-27-21(20-10-7-15-29(20)22(30)17-8-3-2-4-9-17)18(16-25-27)19-11-12-24-23(26-19)28-13-5-6-14-28/h11-12,16-17,20H,2-10,13-15H2,1H3/t20-/m1/s1. The highest BCUT2D eigenvalue weighted by molar-refractivity contribution is 5.80. The number of aromatic nitrogens is 4. The lowest BCUT2D eigenvalue weighted by atomic mass is 9.88. The van der Waals surface area contributed by atoms with Crippen molar-refractivity contribution in [3.05, 3.63) is 24.2 Å². The van der Waals surface area contributed by atoms with Gasteiger partial charge >= 0.3 is 0 Å². The second-order valence-electron chi connectivity index (χ2n) is 9.03. The number of amides is 1. The molecule has 1 amide bonds. The van der Waals surface area contributed by atoms with Crippen LogP contribution in [0.5, 0.6) is 0 Å². The van der Waals surface area contributed by atoms with E-state index >= 15 is 0 Å². The highest BCUT2D eigenvalue weighted by Crippen LogP contribution is 2.39. The van der Waals surface area contributed by atoms with Crippen LogP contribution in [0, 0.1) is 5.92 Å². The van der Waals surface area contributed by atoms with Crippen LogP contribution in [0.4, 0.5) is 5.95 Å².